The number of nitrogens with one attached hydrogen (secondary N) is 1. The highest BCUT2D eigenvalue weighted by molar-refractivity contribution is 5.89. The van der Waals surface area contributed by atoms with Gasteiger partial charge < -0.3 is 40.3 Å². The molecule has 3 heterocycles. The zero-order chi connectivity index (χ0) is 48.9. The predicted octanol–water partition coefficient (Wildman–Crippen LogP) is 8.88. The van der Waals surface area contributed by atoms with Crippen molar-refractivity contribution in [1.29, 1.82) is 0 Å². The summed E-state index contributed by atoms with van der Waals surface area (Å²) in [6, 6.07) is 15.7. The molecule has 4 saturated carbocycles. The van der Waals surface area contributed by atoms with Gasteiger partial charge in [-0.3, -0.25) is 9.59 Å². The highest BCUT2D eigenvalue weighted by Gasteiger charge is 2.59. The fourth-order valence-electron chi connectivity index (χ4n) is 14.4. The summed E-state index contributed by atoms with van der Waals surface area (Å²) >= 11 is 0. The van der Waals surface area contributed by atoms with Gasteiger partial charge in [0.05, 0.1) is 31.2 Å². The maximum Gasteiger partial charge on any atom is 0.334 e. The van der Waals surface area contributed by atoms with Gasteiger partial charge >= 0.3 is 11.9 Å². The van der Waals surface area contributed by atoms with E-state index in [9.17, 15) is 35.1 Å². The van der Waals surface area contributed by atoms with Crippen molar-refractivity contribution in [2.24, 2.45) is 23.7 Å². The number of hydrogen-bond donors (Lipinski definition) is 6. The first-order chi connectivity index (χ1) is 33.8. The third kappa shape index (κ3) is 9.01. The summed E-state index contributed by atoms with van der Waals surface area (Å²) in [5.41, 5.74) is 3.46. The normalized spacial score (nSPS) is 32.0. The number of rotatable bonds is 7. The summed E-state index contributed by atoms with van der Waals surface area (Å²) in [6.07, 6.45) is 9.52. The van der Waals surface area contributed by atoms with E-state index >= 15 is 4.79 Å². The van der Waals surface area contributed by atoms with Crippen LogP contribution in [0.15, 0.2) is 60.2 Å². The number of benzene rings is 3. The molecular formula is C59H71NO10. The number of aliphatic hydroxyl groups excluding tert-OH is 3. The van der Waals surface area contributed by atoms with Crippen molar-refractivity contribution in [3.8, 4) is 23.3 Å². The number of aliphatic hydroxyl groups is 4. The van der Waals surface area contributed by atoms with Gasteiger partial charge in [-0.25, -0.2) is 4.79 Å². The molecule has 0 amide bonds. The van der Waals surface area contributed by atoms with Crippen molar-refractivity contribution in [3.63, 3.8) is 0 Å². The Kier molecular flexibility index (Phi) is 13.8. The minimum atomic E-state index is -1.61. The zero-order valence-corrected chi connectivity index (χ0v) is 40.9. The summed E-state index contributed by atoms with van der Waals surface area (Å²) < 4.78 is 13.1. The molecule has 7 aliphatic rings. The standard InChI is InChI=1S/C59H71NO10/c1-3-43-16-17-46-48-25-35-10-9-13-44(23-35)58(20-7-8-21-58)51(64)29-42-26-38(40-22-36(33-61)24-45(27-40)60-32-34(2)62)14-15-39-31-53(65)70-56-47(39)28-41(55(66)54(56)37-11-5-4-6-12-37)30-52(69-57(42)67)59(43,68)49(46)18-19-50(48)63/h9-10,13,22-24,27-29,34,37-39,43,46,48-49,51-52,60-62,64,66,68H,3-8,11-12,16-21,25-26,30-33H2,1-2H3/b42-29-/t34-,38-,39-,43-,46+,48+,49-,51+,52+,59-/m0/s1. The molecule has 3 aliphatic heterocycles. The molecule has 1 spiro atoms. The monoisotopic (exact) mass is 954 g/mol. The average Bonchev–Trinajstić information content (AvgIpc) is 3.87. The lowest BCUT2D eigenvalue weighted by Gasteiger charge is -2.56. The number of ketones is 1. The summed E-state index contributed by atoms with van der Waals surface area (Å²) in [5.74, 6) is 3.66. The van der Waals surface area contributed by atoms with E-state index in [-0.39, 0.29) is 73.2 Å². The first-order valence-electron chi connectivity index (χ1n) is 26.5. The molecule has 11 heteroatoms. The second-order valence-electron chi connectivity index (χ2n) is 22.1. The number of ether oxygens (including phenoxy) is 2. The smallest absolute Gasteiger partial charge is 0.334 e. The first-order valence-corrected chi connectivity index (χ1v) is 26.5. The van der Waals surface area contributed by atoms with Crippen LogP contribution in [0.1, 0.15) is 173 Å². The minimum Gasteiger partial charge on any atom is -0.507 e. The Bertz CT molecular complexity index is 2590. The molecule has 11 nitrogen and oxygen atoms in total. The third-order valence-electron chi connectivity index (χ3n) is 18.0. The Hall–Kier alpha value is -4.99. The predicted molar refractivity (Wildman–Crippen MR) is 265 cm³/mol. The molecule has 0 aromatic heterocycles. The highest BCUT2D eigenvalue weighted by Crippen LogP contribution is 2.56. The second kappa shape index (κ2) is 19.9. The third-order valence-corrected chi connectivity index (χ3v) is 18.0. The molecule has 4 fully saturated rings. The summed E-state index contributed by atoms with van der Waals surface area (Å²) in [4.78, 5) is 43.8. The zero-order valence-electron chi connectivity index (χ0n) is 40.9. The van der Waals surface area contributed by atoms with Gasteiger partial charge in [0.1, 0.15) is 29.0 Å². The molecule has 10 bridgehead atoms. The van der Waals surface area contributed by atoms with Gasteiger partial charge in [0.15, 0.2) is 0 Å². The Morgan fingerprint density at radius 3 is 2.43 bits per heavy atom. The van der Waals surface area contributed by atoms with Crippen LogP contribution >= 0.6 is 0 Å². The van der Waals surface area contributed by atoms with E-state index in [1.165, 1.54) is 0 Å². The van der Waals surface area contributed by atoms with Crippen LogP contribution in [0.5, 0.6) is 11.5 Å². The molecule has 0 radical (unpaired) electrons. The topological polar surface area (TPSA) is 183 Å². The van der Waals surface area contributed by atoms with Gasteiger partial charge in [-0.1, -0.05) is 87.6 Å². The molecular weight excluding hydrogens is 883 g/mol. The number of aromatic hydroxyl groups is 1. The van der Waals surface area contributed by atoms with Crippen LogP contribution < -0.4 is 10.1 Å². The van der Waals surface area contributed by atoms with Crippen LogP contribution in [0.4, 0.5) is 5.69 Å². The van der Waals surface area contributed by atoms with E-state index in [4.69, 9.17) is 9.47 Å². The van der Waals surface area contributed by atoms with E-state index < -0.39 is 59.0 Å². The lowest BCUT2D eigenvalue weighted by Crippen LogP contribution is -2.63. The molecule has 0 saturated heterocycles. The number of esters is 2. The number of carbonyl (C=O) groups is 3. The number of carbonyl (C=O) groups excluding carboxylic acids is 3. The lowest BCUT2D eigenvalue weighted by atomic mass is 9.53. The van der Waals surface area contributed by atoms with E-state index in [1.807, 2.05) is 30.3 Å². The largest absolute Gasteiger partial charge is 0.507 e. The number of fused-ring (bicyclic) bond motifs is 8. The molecule has 372 valence electrons. The van der Waals surface area contributed by atoms with Crippen LogP contribution in [-0.2, 0) is 44.0 Å². The van der Waals surface area contributed by atoms with Crippen LogP contribution in [0.25, 0.3) is 0 Å². The Morgan fingerprint density at radius 1 is 0.886 bits per heavy atom. The van der Waals surface area contributed by atoms with Gasteiger partial charge in [-0.2, -0.15) is 0 Å². The fourth-order valence-corrected chi connectivity index (χ4v) is 14.4. The summed E-state index contributed by atoms with van der Waals surface area (Å²) in [5, 5.41) is 63.7. The van der Waals surface area contributed by atoms with Crippen molar-refractivity contribution in [2.75, 3.05) is 11.9 Å². The van der Waals surface area contributed by atoms with E-state index in [2.05, 4.69) is 42.3 Å². The van der Waals surface area contributed by atoms with Crippen molar-refractivity contribution < 1.29 is 49.4 Å². The van der Waals surface area contributed by atoms with Crippen LogP contribution in [0, 0.1) is 35.5 Å². The van der Waals surface area contributed by atoms with Crippen molar-refractivity contribution >= 4 is 23.4 Å². The summed E-state index contributed by atoms with van der Waals surface area (Å²) in [7, 11) is 0. The number of hydrogen-bond acceptors (Lipinski definition) is 11. The quantitative estimate of drug-likeness (QED) is 0.0756. The number of phenolic OH excluding ortho intramolecular Hbond substituents is 1. The van der Waals surface area contributed by atoms with Crippen molar-refractivity contribution in [1.82, 2.24) is 0 Å². The molecule has 70 heavy (non-hydrogen) atoms. The molecule has 3 aromatic rings. The number of anilines is 1. The SMILES string of the molecule is CC[C@H]1CC[C@@H]2[C@H]3Cc4cccc(c4)C4(CCCC4)[C@H](O)/C=C4/C[C@@H](c5cc(CO)cc(NC[C@H](C)O)c5)C#C[C@H]5CC(=O)Oc6c5cc(c(O)c6C5CCCCC5)C[C@@H](OC4=O)[C@@]1(O)[C@H]2CCC3=O. The van der Waals surface area contributed by atoms with Crippen molar-refractivity contribution in [2.45, 2.75) is 183 Å². The number of phenols is 1. The van der Waals surface area contributed by atoms with Crippen LogP contribution in [0.2, 0.25) is 0 Å². The fraction of sp³-hybridized carbons (Fsp3) is 0.576. The first kappa shape index (κ1) is 48.6. The van der Waals surface area contributed by atoms with E-state index in [1.54, 1.807) is 13.0 Å². The minimum absolute atomic E-state index is 0.0147. The Labute approximate surface area is 412 Å². The van der Waals surface area contributed by atoms with Crippen LogP contribution in [0.3, 0.4) is 0 Å². The Morgan fingerprint density at radius 2 is 1.67 bits per heavy atom. The van der Waals surface area contributed by atoms with E-state index in [0.717, 1.165) is 62.5 Å². The molecule has 3 aromatic carbocycles. The van der Waals surface area contributed by atoms with Gasteiger partial charge in [-0.05, 0) is 140 Å². The second-order valence-corrected chi connectivity index (χ2v) is 22.1. The highest BCUT2D eigenvalue weighted by atomic mass is 16.6. The molecule has 10 atom stereocenters. The molecule has 4 aliphatic carbocycles. The van der Waals surface area contributed by atoms with Crippen molar-refractivity contribution in [3.05, 3.63) is 99.1 Å². The molecule has 6 N–H and O–H groups in total. The average molecular weight is 954 g/mol. The van der Waals surface area contributed by atoms with E-state index in [0.29, 0.717) is 84.2 Å². The number of Topliss-reactive ketones (excluding diaryl/α,β-unsaturated/α-hetero) is 1. The summed E-state index contributed by atoms with van der Waals surface area (Å²) in [6.45, 7) is 3.70. The maximum absolute atomic E-state index is 15.8. The molecule has 10 rings (SSSR count). The van der Waals surface area contributed by atoms with Gasteiger partial charge in [0, 0.05) is 59.0 Å². The molecule has 0 unspecified atom stereocenters. The van der Waals surface area contributed by atoms with Gasteiger partial charge in [0.25, 0.3) is 0 Å². The van der Waals surface area contributed by atoms with Crippen LogP contribution in [-0.4, -0.2) is 73.7 Å². The maximum atomic E-state index is 15.8. The van der Waals surface area contributed by atoms with Gasteiger partial charge in [-0.15, -0.1) is 0 Å². The lowest BCUT2D eigenvalue weighted by molar-refractivity contribution is -0.212. The van der Waals surface area contributed by atoms with Gasteiger partial charge in [0.2, 0.25) is 0 Å². The Balaban J connectivity index is 1.23.